The Hall–Kier alpha value is -1.18. The third-order valence-electron chi connectivity index (χ3n) is 3.22. The van der Waals surface area contributed by atoms with Crippen molar-refractivity contribution in [2.75, 3.05) is 13.1 Å². The van der Waals surface area contributed by atoms with Gasteiger partial charge in [-0.3, -0.25) is 9.59 Å². The fourth-order valence-electron chi connectivity index (χ4n) is 2.19. The highest BCUT2D eigenvalue weighted by molar-refractivity contribution is 14.1. The summed E-state index contributed by atoms with van der Waals surface area (Å²) in [7, 11) is 0. The van der Waals surface area contributed by atoms with Gasteiger partial charge >= 0.3 is 5.97 Å². The van der Waals surface area contributed by atoms with Gasteiger partial charge in [-0.15, -0.1) is 0 Å². The van der Waals surface area contributed by atoms with Gasteiger partial charge in [-0.05, 0) is 53.6 Å². The topological polar surface area (TPSA) is 57.6 Å². The van der Waals surface area contributed by atoms with Gasteiger partial charge in [0.2, 0.25) is 0 Å². The molecule has 1 fully saturated rings. The van der Waals surface area contributed by atoms with Crippen LogP contribution in [0.25, 0.3) is 0 Å². The van der Waals surface area contributed by atoms with E-state index in [1.165, 1.54) is 17.0 Å². The van der Waals surface area contributed by atoms with E-state index >= 15 is 0 Å². The van der Waals surface area contributed by atoms with Crippen molar-refractivity contribution in [2.24, 2.45) is 5.92 Å². The molecule has 1 heterocycles. The first-order valence-corrected chi connectivity index (χ1v) is 7.04. The number of hydrogen-bond donors (Lipinski definition) is 1. The summed E-state index contributed by atoms with van der Waals surface area (Å²) < 4.78 is 13.9. The molecule has 1 atom stereocenters. The summed E-state index contributed by atoms with van der Waals surface area (Å²) in [6.45, 7) is 0.718. The molecule has 1 aliphatic heterocycles. The summed E-state index contributed by atoms with van der Waals surface area (Å²) in [4.78, 5) is 24.8. The smallest absolute Gasteiger partial charge is 0.308 e. The lowest BCUT2D eigenvalue weighted by Gasteiger charge is -2.31. The average Bonchev–Trinajstić information content (AvgIpc) is 2.41. The number of carboxylic acids is 1. The van der Waals surface area contributed by atoms with Crippen molar-refractivity contribution in [2.45, 2.75) is 12.8 Å². The maximum absolute atomic E-state index is 13.2. The molecule has 1 saturated heterocycles. The average molecular weight is 377 g/mol. The number of carboxylic acid groups (broad SMARTS) is 1. The van der Waals surface area contributed by atoms with Crippen molar-refractivity contribution in [1.29, 1.82) is 0 Å². The molecule has 0 aliphatic carbocycles. The molecule has 102 valence electrons. The molecule has 6 heteroatoms. The van der Waals surface area contributed by atoms with Crippen LogP contribution in [0.4, 0.5) is 4.39 Å². The third kappa shape index (κ3) is 3.23. The number of rotatable bonds is 2. The molecule has 0 spiro atoms. The Morgan fingerprint density at radius 2 is 2.16 bits per heavy atom. The fraction of sp³-hybridized carbons (Fsp3) is 0.385. The first-order valence-electron chi connectivity index (χ1n) is 5.96. The van der Waals surface area contributed by atoms with Crippen LogP contribution in [-0.2, 0) is 4.79 Å². The van der Waals surface area contributed by atoms with Crippen molar-refractivity contribution < 1.29 is 19.1 Å². The van der Waals surface area contributed by atoms with Crippen LogP contribution in [0.3, 0.4) is 0 Å². The number of benzene rings is 1. The molecular weight excluding hydrogens is 364 g/mol. The summed E-state index contributed by atoms with van der Waals surface area (Å²) in [5.74, 6) is -2.17. The largest absolute Gasteiger partial charge is 0.481 e. The quantitative estimate of drug-likeness (QED) is 0.806. The number of nitrogens with zero attached hydrogens (tertiary/aromatic N) is 1. The van der Waals surface area contributed by atoms with E-state index in [4.69, 9.17) is 5.11 Å². The molecule has 1 amide bonds. The minimum Gasteiger partial charge on any atom is -0.481 e. The molecule has 19 heavy (non-hydrogen) atoms. The first-order chi connectivity index (χ1) is 8.99. The van der Waals surface area contributed by atoms with Crippen molar-refractivity contribution in [1.82, 2.24) is 4.90 Å². The van der Waals surface area contributed by atoms with Crippen LogP contribution in [0.1, 0.15) is 23.2 Å². The standard InChI is InChI=1S/C13H13FINO3/c14-9-3-4-11(15)10(6-9)12(17)16-5-1-2-8(7-16)13(18)19/h3-4,6,8H,1-2,5,7H2,(H,18,19). The Morgan fingerprint density at radius 3 is 2.84 bits per heavy atom. The maximum atomic E-state index is 13.2. The zero-order valence-electron chi connectivity index (χ0n) is 10.1. The summed E-state index contributed by atoms with van der Waals surface area (Å²) >= 11 is 1.98. The Morgan fingerprint density at radius 1 is 1.42 bits per heavy atom. The first kappa shape index (κ1) is 14.2. The highest BCUT2D eigenvalue weighted by atomic mass is 127. The van der Waals surface area contributed by atoms with Crippen LogP contribution in [0.15, 0.2) is 18.2 Å². The van der Waals surface area contributed by atoms with Gasteiger partial charge in [0.15, 0.2) is 0 Å². The summed E-state index contributed by atoms with van der Waals surface area (Å²) in [5.41, 5.74) is 0.298. The maximum Gasteiger partial charge on any atom is 0.308 e. The molecule has 0 radical (unpaired) electrons. The molecule has 0 bridgehead atoms. The molecule has 1 N–H and O–H groups in total. The lowest BCUT2D eigenvalue weighted by Crippen LogP contribution is -2.42. The van der Waals surface area contributed by atoms with Gasteiger partial charge in [0, 0.05) is 16.7 Å². The summed E-state index contributed by atoms with van der Waals surface area (Å²) in [6.07, 6.45) is 1.24. The van der Waals surface area contributed by atoms with Crippen LogP contribution in [0, 0.1) is 15.3 Å². The van der Waals surface area contributed by atoms with Gasteiger partial charge in [-0.1, -0.05) is 0 Å². The Bertz CT molecular complexity index is 521. The zero-order chi connectivity index (χ0) is 14.0. The second-order valence-corrected chi connectivity index (χ2v) is 5.71. The highest BCUT2D eigenvalue weighted by Crippen LogP contribution is 2.21. The normalized spacial score (nSPS) is 19.3. The number of carbonyl (C=O) groups excluding carboxylic acids is 1. The number of amides is 1. The summed E-state index contributed by atoms with van der Waals surface area (Å²) in [5, 5.41) is 9.01. The van der Waals surface area contributed by atoms with E-state index < -0.39 is 17.7 Å². The van der Waals surface area contributed by atoms with Gasteiger partial charge in [0.25, 0.3) is 5.91 Å². The lowest BCUT2D eigenvalue weighted by molar-refractivity contribution is -0.143. The lowest BCUT2D eigenvalue weighted by atomic mass is 9.97. The van der Waals surface area contributed by atoms with E-state index in [2.05, 4.69) is 0 Å². The molecule has 4 nitrogen and oxygen atoms in total. The van der Waals surface area contributed by atoms with Crippen molar-refractivity contribution in [3.63, 3.8) is 0 Å². The molecular formula is C13H13FINO3. The highest BCUT2D eigenvalue weighted by Gasteiger charge is 2.29. The number of aliphatic carboxylic acids is 1. The predicted octanol–water partition coefficient (Wildman–Crippen LogP) is 2.37. The van der Waals surface area contributed by atoms with Gasteiger partial charge in [0.1, 0.15) is 5.82 Å². The molecule has 1 aliphatic rings. The second kappa shape index (κ2) is 5.85. The molecule has 1 unspecified atom stereocenters. The van der Waals surface area contributed by atoms with Crippen LogP contribution in [0.2, 0.25) is 0 Å². The van der Waals surface area contributed by atoms with E-state index in [0.717, 1.165) is 0 Å². The number of carbonyl (C=O) groups is 2. The number of likely N-dealkylation sites (tertiary alicyclic amines) is 1. The minimum absolute atomic E-state index is 0.195. The van der Waals surface area contributed by atoms with E-state index in [1.54, 1.807) is 6.07 Å². The number of halogens is 2. The van der Waals surface area contributed by atoms with Crippen LogP contribution in [0.5, 0.6) is 0 Å². The summed E-state index contributed by atoms with van der Waals surface area (Å²) in [6, 6.07) is 4.05. The third-order valence-corrected chi connectivity index (χ3v) is 4.16. The van der Waals surface area contributed by atoms with Gasteiger partial charge in [-0.2, -0.15) is 0 Å². The molecule has 1 aromatic carbocycles. The Balaban J connectivity index is 2.19. The molecule has 1 aromatic rings. The van der Waals surface area contributed by atoms with Gasteiger partial charge in [0.05, 0.1) is 11.5 Å². The second-order valence-electron chi connectivity index (χ2n) is 4.55. The number of hydrogen-bond acceptors (Lipinski definition) is 2. The molecule has 0 saturated carbocycles. The van der Waals surface area contributed by atoms with Crippen molar-refractivity contribution in [3.05, 3.63) is 33.1 Å². The van der Waals surface area contributed by atoms with Crippen LogP contribution < -0.4 is 0 Å². The monoisotopic (exact) mass is 377 g/mol. The SMILES string of the molecule is O=C(O)C1CCCN(C(=O)c2cc(F)ccc2I)C1. The Kier molecular flexibility index (Phi) is 4.38. The van der Waals surface area contributed by atoms with Crippen LogP contribution >= 0.6 is 22.6 Å². The van der Waals surface area contributed by atoms with Crippen LogP contribution in [-0.4, -0.2) is 35.0 Å². The zero-order valence-corrected chi connectivity index (χ0v) is 12.3. The van der Waals surface area contributed by atoms with Crippen molar-refractivity contribution >= 4 is 34.5 Å². The Labute approximate surface area is 123 Å². The van der Waals surface area contributed by atoms with E-state index in [-0.39, 0.29) is 12.5 Å². The van der Waals surface area contributed by atoms with Gasteiger partial charge in [-0.25, -0.2) is 4.39 Å². The molecule has 0 aromatic heterocycles. The van der Waals surface area contributed by atoms with E-state index in [9.17, 15) is 14.0 Å². The minimum atomic E-state index is -0.883. The molecule has 2 rings (SSSR count). The van der Waals surface area contributed by atoms with Gasteiger partial charge < -0.3 is 10.0 Å². The fourth-order valence-corrected chi connectivity index (χ4v) is 2.76. The van der Waals surface area contributed by atoms with E-state index in [1.807, 2.05) is 22.6 Å². The predicted molar refractivity (Wildman–Crippen MR) is 75.4 cm³/mol. The van der Waals surface area contributed by atoms with Crippen molar-refractivity contribution in [3.8, 4) is 0 Å². The number of piperidine rings is 1. The van der Waals surface area contributed by atoms with E-state index in [0.29, 0.717) is 28.5 Å².